The third kappa shape index (κ3) is 1.45. The van der Waals surface area contributed by atoms with Crippen LogP contribution >= 0.6 is 0 Å². The maximum absolute atomic E-state index is 11.5. The molecule has 11 heavy (non-hydrogen) atoms. The monoisotopic (exact) mass is 156 g/mol. The van der Waals surface area contributed by atoms with Gasteiger partial charge in [-0.2, -0.15) is 0 Å². The van der Waals surface area contributed by atoms with Crippen LogP contribution in [0.4, 0.5) is 0 Å². The van der Waals surface area contributed by atoms with Crippen molar-refractivity contribution >= 4 is 5.78 Å². The zero-order valence-electron chi connectivity index (χ0n) is 7.63. The maximum atomic E-state index is 11.5. The fourth-order valence-corrected chi connectivity index (χ4v) is 1.45. The van der Waals surface area contributed by atoms with Crippen molar-refractivity contribution in [2.75, 3.05) is 0 Å². The molecule has 1 aliphatic rings. The molecule has 64 valence electrons. The lowest BCUT2D eigenvalue weighted by Gasteiger charge is -2.34. The number of hydrogen-bond acceptors (Lipinski definition) is 2. The van der Waals surface area contributed by atoms with Gasteiger partial charge in [-0.1, -0.05) is 13.8 Å². The minimum absolute atomic E-state index is 0.0706. The average molecular weight is 156 g/mol. The summed E-state index contributed by atoms with van der Waals surface area (Å²) in [6.07, 6.45) is 0.183. The number of ether oxygens (including phenoxy) is 1. The van der Waals surface area contributed by atoms with Crippen molar-refractivity contribution in [3.63, 3.8) is 0 Å². The van der Waals surface area contributed by atoms with Crippen LogP contribution in [0.15, 0.2) is 0 Å². The van der Waals surface area contributed by atoms with Gasteiger partial charge in [0.05, 0.1) is 12.2 Å². The highest BCUT2D eigenvalue weighted by atomic mass is 16.5. The zero-order valence-corrected chi connectivity index (χ0v) is 7.63. The highest BCUT2D eigenvalue weighted by Crippen LogP contribution is 2.25. The van der Waals surface area contributed by atoms with Gasteiger partial charge in [0, 0.05) is 11.8 Å². The molecular formula is C9H16O2. The lowest BCUT2D eigenvalue weighted by Crippen LogP contribution is -2.43. The molecule has 0 aromatic heterocycles. The molecule has 2 heteroatoms. The Labute approximate surface area is 67.9 Å². The third-order valence-corrected chi connectivity index (χ3v) is 2.74. The highest BCUT2D eigenvalue weighted by molar-refractivity contribution is 5.84. The summed E-state index contributed by atoms with van der Waals surface area (Å²) in [6.45, 7) is 7.81. The molecular weight excluding hydrogens is 140 g/mol. The van der Waals surface area contributed by atoms with Crippen molar-refractivity contribution < 1.29 is 9.53 Å². The Hall–Kier alpha value is -0.370. The van der Waals surface area contributed by atoms with Crippen LogP contribution in [-0.2, 0) is 9.53 Å². The Morgan fingerprint density at radius 2 is 1.36 bits per heavy atom. The Bertz CT molecular complexity index is 149. The Kier molecular flexibility index (Phi) is 2.33. The van der Waals surface area contributed by atoms with Gasteiger partial charge in [-0.05, 0) is 13.8 Å². The van der Waals surface area contributed by atoms with E-state index >= 15 is 0 Å². The molecule has 0 saturated carbocycles. The van der Waals surface area contributed by atoms with E-state index in [1.165, 1.54) is 0 Å². The van der Waals surface area contributed by atoms with Crippen molar-refractivity contribution in [2.45, 2.75) is 39.9 Å². The second-order valence-corrected chi connectivity index (χ2v) is 3.53. The van der Waals surface area contributed by atoms with Gasteiger partial charge < -0.3 is 4.74 Å². The first-order valence-corrected chi connectivity index (χ1v) is 4.23. The lowest BCUT2D eigenvalue weighted by atomic mass is 9.85. The number of carbonyl (C=O) groups is 1. The number of carbonyl (C=O) groups excluding carboxylic acids is 1. The standard InChI is InChI=1S/C9H16O2/c1-5-7(3)11-8(4)6(2)9(5)10/h5-8H,1-4H3/t5-,6-,7-,8-/m0/s1. The highest BCUT2D eigenvalue weighted by Gasteiger charge is 2.35. The summed E-state index contributed by atoms with van der Waals surface area (Å²) < 4.78 is 5.56. The van der Waals surface area contributed by atoms with E-state index in [1.54, 1.807) is 0 Å². The molecule has 0 bridgehead atoms. The Morgan fingerprint density at radius 3 is 1.73 bits per heavy atom. The van der Waals surface area contributed by atoms with Gasteiger partial charge in [-0.15, -0.1) is 0 Å². The molecule has 1 rings (SSSR count). The van der Waals surface area contributed by atoms with E-state index < -0.39 is 0 Å². The molecule has 1 heterocycles. The fraction of sp³-hybridized carbons (Fsp3) is 0.889. The van der Waals surface area contributed by atoms with E-state index in [0.717, 1.165) is 0 Å². The maximum Gasteiger partial charge on any atom is 0.143 e. The quantitative estimate of drug-likeness (QED) is 0.533. The van der Waals surface area contributed by atoms with Gasteiger partial charge >= 0.3 is 0 Å². The molecule has 0 aromatic carbocycles. The van der Waals surface area contributed by atoms with Gasteiger partial charge in [-0.3, -0.25) is 4.79 Å². The molecule has 0 amide bonds. The van der Waals surface area contributed by atoms with E-state index in [0.29, 0.717) is 5.78 Å². The third-order valence-electron chi connectivity index (χ3n) is 2.74. The Balaban J connectivity index is 2.71. The van der Waals surface area contributed by atoms with Gasteiger partial charge in [0.1, 0.15) is 5.78 Å². The number of hydrogen-bond donors (Lipinski definition) is 0. The topological polar surface area (TPSA) is 26.3 Å². The molecule has 2 nitrogen and oxygen atoms in total. The summed E-state index contributed by atoms with van der Waals surface area (Å²) >= 11 is 0. The molecule has 0 unspecified atom stereocenters. The predicted molar refractivity (Wildman–Crippen MR) is 43.3 cm³/mol. The first-order chi connectivity index (χ1) is 5.04. The normalized spacial score (nSPS) is 46.0. The summed E-state index contributed by atoms with van der Waals surface area (Å²) in [5, 5.41) is 0. The summed E-state index contributed by atoms with van der Waals surface area (Å²) in [4.78, 5) is 11.5. The number of Topliss-reactive ketones (excluding diaryl/α,β-unsaturated/α-hetero) is 1. The van der Waals surface area contributed by atoms with Gasteiger partial charge in [0.15, 0.2) is 0 Å². The van der Waals surface area contributed by atoms with Gasteiger partial charge in [0.25, 0.3) is 0 Å². The predicted octanol–water partition coefficient (Wildman–Crippen LogP) is 1.63. The lowest BCUT2D eigenvalue weighted by molar-refractivity contribution is -0.150. The van der Waals surface area contributed by atoms with Crippen molar-refractivity contribution in [3.8, 4) is 0 Å². The molecule has 1 fully saturated rings. The largest absolute Gasteiger partial charge is 0.374 e. The second kappa shape index (κ2) is 2.94. The van der Waals surface area contributed by atoms with Crippen LogP contribution in [0.1, 0.15) is 27.7 Å². The molecule has 0 aliphatic carbocycles. The first kappa shape index (κ1) is 8.72. The summed E-state index contributed by atoms with van der Waals surface area (Å²) in [7, 11) is 0. The van der Waals surface area contributed by atoms with Crippen molar-refractivity contribution in [1.29, 1.82) is 0 Å². The van der Waals surface area contributed by atoms with E-state index in [-0.39, 0.29) is 24.0 Å². The number of rotatable bonds is 0. The molecule has 0 spiro atoms. The van der Waals surface area contributed by atoms with E-state index in [4.69, 9.17) is 4.74 Å². The summed E-state index contributed by atoms with van der Waals surface area (Å²) in [6, 6.07) is 0. The first-order valence-electron chi connectivity index (χ1n) is 4.23. The van der Waals surface area contributed by atoms with Crippen LogP contribution in [0.3, 0.4) is 0 Å². The zero-order chi connectivity index (χ0) is 8.59. The van der Waals surface area contributed by atoms with Gasteiger partial charge in [-0.25, -0.2) is 0 Å². The minimum atomic E-state index is 0.0706. The van der Waals surface area contributed by atoms with Crippen LogP contribution in [0.2, 0.25) is 0 Å². The number of ketones is 1. The second-order valence-electron chi connectivity index (χ2n) is 3.53. The van der Waals surface area contributed by atoms with Crippen LogP contribution in [0.5, 0.6) is 0 Å². The molecule has 1 aliphatic heterocycles. The van der Waals surface area contributed by atoms with Crippen LogP contribution in [-0.4, -0.2) is 18.0 Å². The van der Waals surface area contributed by atoms with E-state index in [2.05, 4.69) is 0 Å². The smallest absolute Gasteiger partial charge is 0.143 e. The molecule has 1 saturated heterocycles. The molecule has 0 N–H and O–H groups in total. The summed E-state index contributed by atoms with van der Waals surface area (Å²) in [5.74, 6) is 0.485. The molecule has 0 aromatic rings. The minimum Gasteiger partial charge on any atom is -0.374 e. The molecule has 4 atom stereocenters. The van der Waals surface area contributed by atoms with Crippen molar-refractivity contribution in [1.82, 2.24) is 0 Å². The van der Waals surface area contributed by atoms with E-state index in [1.807, 2.05) is 27.7 Å². The Morgan fingerprint density at radius 1 is 1.00 bits per heavy atom. The average Bonchev–Trinajstić information content (AvgIpc) is 1.97. The van der Waals surface area contributed by atoms with Crippen LogP contribution in [0, 0.1) is 11.8 Å². The van der Waals surface area contributed by atoms with Crippen LogP contribution < -0.4 is 0 Å². The van der Waals surface area contributed by atoms with Gasteiger partial charge in [0.2, 0.25) is 0 Å². The summed E-state index contributed by atoms with van der Waals surface area (Å²) in [5.41, 5.74) is 0. The SMILES string of the molecule is C[C@@H]1O[C@@H](C)[C@H](C)C(=O)[C@H]1C. The van der Waals surface area contributed by atoms with Crippen molar-refractivity contribution in [2.24, 2.45) is 11.8 Å². The van der Waals surface area contributed by atoms with E-state index in [9.17, 15) is 4.79 Å². The molecule has 0 radical (unpaired) electrons. The van der Waals surface area contributed by atoms with Crippen LogP contribution in [0.25, 0.3) is 0 Å². The van der Waals surface area contributed by atoms with Crippen molar-refractivity contribution in [3.05, 3.63) is 0 Å². The fourth-order valence-electron chi connectivity index (χ4n) is 1.45.